The molecule has 0 spiro atoms. The van der Waals surface area contributed by atoms with Gasteiger partial charge in [-0.3, -0.25) is 19.6 Å². The predicted molar refractivity (Wildman–Crippen MR) is 144 cm³/mol. The number of ether oxygens (including phenoxy) is 2. The maximum atomic E-state index is 13.4. The van der Waals surface area contributed by atoms with Crippen LogP contribution >= 0.6 is 11.3 Å². The molecule has 0 radical (unpaired) electrons. The van der Waals surface area contributed by atoms with Crippen LogP contribution in [0.2, 0.25) is 0 Å². The smallest absolute Gasteiger partial charge is 0.413 e. The molecular formula is C26H27N3O7S2. The number of para-hydroxylation sites is 1. The average molecular weight is 558 g/mol. The molecule has 3 amide bonds. The van der Waals surface area contributed by atoms with Crippen LogP contribution in [-0.4, -0.2) is 40.5 Å². The van der Waals surface area contributed by atoms with Crippen LogP contribution in [0.25, 0.3) is 0 Å². The van der Waals surface area contributed by atoms with E-state index in [1.54, 1.807) is 12.1 Å². The number of benzene rings is 2. The Morgan fingerprint density at radius 2 is 1.61 bits per heavy atom. The number of thiophene rings is 1. The number of methoxy groups -OCH3 is 2. The van der Waals surface area contributed by atoms with E-state index >= 15 is 0 Å². The van der Waals surface area contributed by atoms with Crippen molar-refractivity contribution in [3.8, 4) is 5.75 Å². The molecule has 1 aromatic heterocycles. The van der Waals surface area contributed by atoms with Gasteiger partial charge in [0.2, 0.25) is 0 Å². The topological polar surface area (TPSA) is 140 Å². The van der Waals surface area contributed by atoms with Gasteiger partial charge in [-0.05, 0) is 67.6 Å². The van der Waals surface area contributed by atoms with E-state index in [1.807, 2.05) is 0 Å². The number of hydrogen-bond acceptors (Lipinski definition) is 8. The van der Waals surface area contributed by atoms with Crippen LogP contribution in [0.4, 0.5) is 15.5 Å². The van der Waals surface area contributed by atoms with Gasteiger partial charge in [0, 0.05) is 4.88 Å². The number of amides is 3. The summed E-state index contributed by atoms with van der Waals surface area (Å²) in [6, 6.07) is 12.0. The van der Waals surface area contributed by atoms with Crippen LogP contribution in [0.1, 0.15) is 50.4 Å². The standard InChI is InChI=1S/C26H27N3O7S2/c1-35-16-12-14-17(15-13-16)38(33,34)29-20-10-7-6-8-18(20)23(30)27-25-22(24(31)28-26(32)36-2)19-9-4-3-5-11-21(19)37-25/h6-8,10,12-15,29H,3-5,9,11H2,1-2H3,(H,27,30)(H,28,31,32). The Morgan fingerprint density at radius 1 is 0.895 bits per heavy atom. The molecule has 4 rings (SSSR count). The zero-order valence-corrected chi connectivity index (χ0v) is 22.5. The van der Waals surface area contributed by atoms with Crippen LogP contribution in [0.15, 0.2) is 53.4 Å². The number of hydrogen-bond donors (Lipinski definition) is 3. The molecule has 0 saturated heterocycles. The second kappa shape index (κ2) is 11.7. The van der Waals surface area contributed by atoms with E-state index in [9.17, 15) is 22.8 Å². The third-order valence-electron chi connectivity index (χ3n) is 6.06. The van der Waals surface area contributed by atoms with Gasteiger partial charge in [0.1, 0.15) is 10.8 Å². The summed E-state index contributed by atoms with van der Waals surface area (Å²) >= 11 is 1.29. The van der Waals surface area contributed by atoms with Crippen molar-refractivity contribution in [1.82, 2.24) is 5.32 Å². The lowest BCUT2D eigenvalue weighted by Crippen LogP contribution is -2.31. The molecule has 0 saturated carbocycles. The Bertz CT molecular complexity index is 1460. The van der Waals surface area contributed by atoms with Crippen LogP contribution in [0.3, 0.4) is 0 Å². The van der Waals surface area contributed by atoms with Gasteiger partial charge < -0.3 is 14.8 Å². The molecule has 3 N–H and O–H groups in total. The highest BCUT2D eigenvalue weighted by Crippen LogP contribution is 2.38. The fraction of sp³-hybridized carbons (Fsp3) is 0.269. The van der Waals surface area contributed by atoms with Crippen LogP contribution in [0.5, 0.6) is 5.75 Å². The van der Waals surface area contributed by atoms with E-state index < -0.39 is 27.9 Å². The van der Waals surface area contributed by atoms with E-state index in [-0.39, 0.29) is 26.7 Å². The molecule has 12 heteroatoms. The highest BCUT2D eigenvalue weighted by Gasteiger charge is 2.28. The lowest BCUT2D eigenvalue weighted by molar-refractivity contribution is 0.0937. The second-order valence-corrected chi connectivity index (χ2v) is 11.3. The van der Waals surface area contributed by atoms with E-state index in [2.05, 4.69) is 20.1 Å². The number of aryl methyl sites for hydroxylation is 1. The van der Waals surface area contributed by atoms with Crippen LogP contribution in [-0.2, 0) is 27.6 Å². The minimum absolute atomic E-state index is 0.00252. The first-order valence-corrected chi connectivity index (χ1v) is 14.1. The SMILES string of the molecule is COC(=O)NC(=O)c1c(NC(=O)c2ccccc2NS(=O)(=O)c2ccc(OC)cc2)sc2c1CCCCC2. The van der Waals surface area contributed by atoms with E-state index in [0.29, 0.717) is 12.2 Å². The van der Waals surface area contributed by atoms with Gasteiger partial charge in [-0.2, -0.15) is 0 Å². The summed E-state index contributed by atoms with van der Waals surface area (Å²) in [7, 11) is -1.38. The van der Waals surface area contributed by atoms with Crippen molar-refractivity contribution < 1.29 is 32.3 Å². The Balaban J connectivity index is 1.64. The van der Waals surface area contributed by atoms with E-state index in [1.165, 1.54) is 54.8 Å². The predicted octanol–water partition coefficient (Wildman–Crippen LogP) is 4.57. The third kappa shape index (κ3) is 5.97. The molecule has 10 nitrogen and oxygen atoms in total. The monoisotopic (exact) mass is 557 g/mol. The Morgan fingerprint density at radius 3 is 2.32 bits per heavy atom. The number of carbonyl (C=O) groups excluding carboxylic acids is 3. The van der Waals surface area contributed by atoms with Gasteiger partial charge in [-0.25, -0.2) is 13.2 Å². The van der Waals surface area contributed by atoms with Crippen LogP contribution in [0, 0.1) is 0 Å². The summed E-state index contributed by atoms with van der Waals surface area (Å²) in [6.07, 6.45) is 3.35. The Kier molecular flexibility index (Phi) is 8.32. The number of fused-ring (bicyclic) bond motifs is 1. The lowest BCUT2D eigenvalue weighted by Gasteiger charge is -2.13. The van der Waals surface area contributed by atoms with Crippen molar-refractivity contribution in [2.45, 2.75) is 37.0 Å². The Labute approximate surface area is 224 Å². The van der Waals surface area contributed by atoms with Crippen LogP contribution < -0.4 is 20.1 Å². The first-order valence-electron chi connectivity index (χ1n) is 11.8. The van der Waals surface area contributed by atoms with Crippen molar-refractivity contribution in [3.05, 3.63) is 70.1 Å². The molecule has 1 heterocycles. The third-order valence-corrected chi connectivity index (χ3v) is 8.65. The summed E-state index contributed by atoms with van der Waals surface area (Å²) in [5, 5.41) is 5.24. The largest absolute Gasteiger partial charge is 0.497 e. The summed E-state index contributed by atoms with van der Waals surface area (Å²) in [5.41, 5.74) is 1.16. The van der Waals surface area contributed by atoms with Gasteiger partial charge in [0.25, 0.3) is 21.8 Å². The highest BCUT2D eigenvalue weighted by atomic mass is 32.2. The molecule has 3 aromatic rings. The normalized spacial score (nSPS) is 13.0. The molecule has 0 atom stereocenters. The van der Waals surface area contributed by atoms with Gasteiger partial charge >= 0.3 is 6.09 Å². The van der Waals surface area contributed by atoms with Gasteiger partial charge in [0.15, 0.2) is 0 Å². The zero-order chi connectivity index (χ0) is 27.3. The maximum absolute atomic E-state index is 13.4. The summed E-state index contributed by atoms with van der Waals surface area (Å²) in [6.45, 7) is 0. The molecule has 0 bridgehead atoms. The minimum atomic E-state index is -4.01. The first kappa shape index (κ1) is 27.1. The van der Waals surface area contributed by atoms with Gasteiger partial charge in [0.05, 0.1) is 35.9 Å². The summed E-state index contributed by atoms with van der Waals surface area (Å²) < 4.78 is 38.1. The molecule has 1 aliphatic rings. The molecule has 200 valence electrons. The zero-order valence-electron chi connectivity index (χ0n) is 20.8. The molecule has 0 aliphatic heterocycles. The molecular weight excluding hydrogens is 530 g/mol. The van der Waals surface area contributed by atoms with Crippen molar-refractivity contribution >= 4 is 50.0 Å². The number of anilines is 2. The second-order valence-electron chi connectivity index (χ2n) is 8.50. The molecule has 0 unspecified atom stereocenters. The lowest BCUT2D eigenvalue weighted by atomic mass is 10.0. The molecule has 0 fully saturated rings. The van der Waals surface area contributed by atoms with Crippen molar-refractivity contribution in [2.24, 2.45) is 0 Å². The fourth-order valence-corrected chi connectivity index (χ4v) is 6.54. The number of alkyl carbamates (subject to hydrolysis) is 1. The summed E-state index contributed by atoms with van der Waals surface area (Å²) in [5.74, 6) is -0.772. The number of carbonyl (C=O) groups is 3. The molecule has 38 heavy (non-hydrogen) atoms. The highest BCUT2D eigenvalue weighted by molar-refractivity contribution is 7.92. The average Bonchev–Trinajstić information content (AvgIpc) is 3.08. The van der Waals surface area contributed by atoms with E-state index in [0.717, 1.165) is 43.2 Å². The quantitative estimate of drug-likeness (QED) is 0.361. The minimum Gasteiger partial charge on any atom is -0.497 e. The number of sulfonamides is 1. The molecule has 1 aliphatic carbocycles. The summed E-state index contributed by atoms with van der Waals surface area (Å²) in [4.78, 5) is 39.1. The number of nitrogens with one attached hydrogen (secondary N) is 3. The first-order chi connectivity index (χ1) is 18.2. The van der Waals surface area contributed by atoms with Crippen molar-refractivity contribution in [3.63, 3.8) is 0 Å². The van der Waals surface area contributed by atoms with Gasteiger partial charge in [-0.15, -0.1) is 11.3 Å². The maximum Gasteiger partial charge on any atom is 0.413 e. The van der Waals surface area contributed by atoms with Gasteiger partial charge in [-0.1, -0.05) is 18.6 Å². The number of imide groups is 1. The van der Waals surface area contributed by atoms with Crippen molar-refractivity contribution in [2.75, 3.05) is 24.3 Å². The fourth-order valence-electron chi connectivity index (χ4n) is 4.18. The Hall–Kier alpha value is -3.90. The van der Waals surface area contributed by atoms with Crippen molar-refractivity contribution in [1.29, 1.82) is 0 Å². The molecule has 2 aromatic carbocycles. The van der Waals surface area contributed by atoms with E-state index in [4.69, 9.17) is 4.74 Å². The number of rotatable bonds is 7.